The van der Waals surface area contributed by atoms with Crippen molar-refractivity contribution in [2.75, 3.05) is 19.8 Å². The van der Waals surface area contributed by atoms with E-state index in [1.807, 2.05) is 31.2 Å². The van der Waals surface area contributed by atoms with Gasteiger partial charge in [0, 0.05) is 31.1 Å². The molecule has 1 atom stereocenters. The third-order valence-corrected chi connectivity index (χ3v) is 3.75. The maximum atomic E-state index is 11.9. The summed E-state index contributed by atoms with van der Waals surface area (Å²) in [6.45, 7) is 2.96. The second-order valence-electron chi connectivity index (χ2n) is 5.05. The highest BCUT2D eigenvalue weighted by Gasteiger charge is 2.35. The molecular weight excluding hydrogens is 266 g/mol. The van der Waals surface area contributed by atoms with Gasteiger partial charge in [-0.05, 0) is 18.6 Å². The van der Waals surface area contributed by atoms with Gasteiger partial charge in [0.2, 0.25) is 5.91 Å². The molecule has 0 spiro atoms. The van der Waals surface area contributed by atoms with Gasteiger partial charge in [0.1, 0.15) is 6.61 Å². The van der Waals surface area contributed by atoms with E-state index in [1.165, 1.54) is 0 Å². The Bertz CT molecular complexity index is 466. The van der Waals surface area contributed by atoms with Crippen molar-refractivity contribution in [3.05, 3.63) is 34.9 Å². The van der Waals surface area contributed by atoms with Crippen LogP contribution in [0.2, 0.25) is 5.02 Å². The van der Waals surface area contributed by atoms with E-state index in [9.17, 15) is 4.79 Å². The van der Waals surface area contributed by atoms with Crippen LogP contribution in [0.4, 0.5) is 0 Å². The van der Waals surface area contributed by atoms with E-state index in [2.05, 4.69) is 0 Å². The maximum absolute atomic E-state index is 11.9. The number of ether oxygens (including phenoxy) is 1. The van der Waals surface area contributed by atoms with Crippen molar-refractivity contribution in [3.63, 3.8) is 0 Å². The van der Waals surface area contributed by atoms with Crippen LogP contribution in [0.3, 0.4) is 0 Å². The number of rotatable bonds is 4. The predicted octanol–water partition coefficient (Wildman–Crippen LogP) is 1.84. The van der Waals surface area contributed by atoms with Crippen molar-refractivity contribution in [3.8, 4) is 0 Å². The Balaban J connectivity index is 2.10. The summed E-state index contributed by atoms with van der Waals surface area (Å²) in [5.74, 6) is -0.0460. The molecule has 1 aromatic rings. The highest BCUT2D eigenvalue weighted by atomic mass is 35.5. The van der Waals surface area contributed by atoms with E-state index in [4.69, 9.17) is 21.4 Å². The van der Waals surface area contributed by atoms with Gasteiger partial charge in [-0.3, -0.25) is 4.79 Å². The number of hydrogen-bond donors (Lipinski definition) is 1. The highest BCUT2D eigenvalue weighted by Crippen LogP contribution is 2.25. The van der Waals surface area contributed by atoms with Crippen LogP contribution in [0.15, 0.2) is 24.3 Å². The van der Waals surface area contributed by atoms with E-state index in [-0.39, 0.29) is 19.1 Å². The molecule has 0 saturated carbocycles. The monoisotopic (exact) mass is 283 g/mol. The topological polar surface area (TPSA) is 49.8 Å². The first-order valence-corrected chi connectivity index (χ1v) is 6.68. The zero-order chi connectivity index (χ0) is 13.9. The smallest absolute Gasteiger partial charge is 0.248 e. The third-order valence-electron chi connectivity index (χ3n) is 3.38. The molecule has 1 heterocycles. The fourth-order valence-corrected chi connectivity index (χ4v) is 2.42. The average Bonchev–Trinajstić information content (AvgIpc) is 2.37. The standard InChI is InChI=1S/C14H18ClNO3/c1-14(6-7-17)10-16(13(18)9-19-14)8-11-4-2-3-5-12(11)15/h2-5,17H,6-10H2,1H3. The number of aliphatic hydroxyl groups excluding tert-OH is 1. The van der Waals surface area contributed by atoms with Crippen molar-refractivity contribution < 1.29 is 14.6 Å². The Kier molecular flexibility index (Phi) is 4.45. The largest absolute Gasteiger partial charge is 0.396 e. The van der Waals surface area contributed by atoms with Crippen molar-refractivity contribution in [2.24, 2.45) is 0 Å². The molecule has 5 heteroatoms. The molecule has 1 aromatic carbocycles. The number of carbonyl (C=O) groups is 1. The Morgan fingerprint density at radius 1 is 1.47 bits per heavy atom. The summed E-state index contributed by atoms with van der Waals surface area (Å²) in [5, 5.41) is 9.72. The van der Waals surface area contributed by atoms with Gasteiger partial charge in [0.15, 0.2) is 0 Å². The third kappa shape index (κ3) is 3.47. The lowest BCUT2D eigenvalue weighted by molar-refractivity contribution is -0.164. The average molecular weight is 284 g/mol. The van der Waals surface area contributed by atoms with Crippen molar-refractivity contribution in [1.82, 2.24) is 4.90 Å². The summed E-state index contributed by atoms with van der Waals surface area (Å²) < 4.78 is 5.53. The quantitative estimate of drug-likeness (QED) is 0.917. The van der Waals surface area contributed by atoms with Gasteiger partial charge >= 0.3 is 0 Å². The number of aliphatic hydroxyl groups is 1. The molecule has 2 rings (SSSR count). The van der Waals surface area contributed by atoms with Gasteiger partial charge < -0.3 is 14.7 Å². The molecule has 19 heavy (non-hydrogen) atoms. The Morgan fingerprint density at radius 3 is 2.89 bits per heavy atom. The van der Waals surface area contributed by atoms with E-state index in [0.29, 0.717) is 24.5 Å². The van der Waals surface area contributed by atoms with E-state index >= 15 is 0 Å². The minimum absolute atomic E-state index is 0.0460. The maximum Gasteiger partial charge on any atom is 0.248 e. The lowest BCUT2D eigenvalue weighted by Gasteiger charge is -2.40. The van der Waals surface area contributed by atoms with Crippen LogP contribution in [-0.2, 0) is 16.1 Å². The highest BCUT2D eigenvalue weighted by molar-refractivity contribution is 6.31. The van der Waals surface area contributed by atoms with E-state index < -0.39 is 5.60 Å². The first kappa shape index (κ1) is 14.3. The fraction of sp³-hybridized carbons (Fsp3) is 0.500. The Hall–Kier alpha value is -1.10. The molecule has 0 aromatic heterocycles. The van der Waals surface area contributed by atoms with E-state index in [1.54, 1.807) is 4.90 Å². The predicted molar refractivity (Wildman–Crippen MR) is 72.9 cm³/mol. The molecule has 0 radical (unpaired) electrons. The number of amides is 1. The number of halogens is 1. The lowest BCUT2D eigenvalue weighted by atomic mass is 9.99. The number of benzene rings is 1. The molecule has 104 valence electrons. The molecule has 1 fully saturated rings. The number of nitrogens with zero attached hydrogens (tertiary/aromatic N) is 1. The van der Waals surface area contributed by atoms with Gasteiger partial charge in [-0.2, -0.15) is 0 Å². The zero-order valence-electron chi connectivity index (χ0n) is 10.9. The molecule has 4 nitrogen and oxygen atoms in total. The normalized spacial score (nSPS) is 23.7. The van der Waals surface area contributed by atoms with Crippen molar-refractivity contribution in [2.45, 2.75) is 25.5 Å². The lowest BCUT2D eigenvalue weighted by Crippen LogP contribution is -2.53. The summed E-state index contributed by atoms with van der Waals surface area (Å²) in [5.41, 5.74) is 0.440. The molecule has 0 bridgehead atoms. The summed E-state index contributed by atoms with van der Waals surface area (Å²) in [6, 6.07) is 7.49. The molecule has 1 saturated heterocycles. The van der Waals surface area contributed by atoms with Gasteiger partial charge in [0.05, 0.1) is 5.60 Å². The Morgan fingerprint density at radius 2 is 2.21 bits per heavy atom. The summed E-state index contributed by atoms with van der Waals surface area (Å²) in [6.07, 6.45) is 0.513. The van der Waals surface area contributed by atoms with Gasteiger partial charge in [-0.15, -0.1) is 0 Å². The number of carbonyl (C=O) groups excluding carboxylic acids is 1. The van der Waals surface area contributed by atoms with Crippen molar-refractivity contribution >= 4 is 17.5 Å². The number of morpholine rings is 1. The SMILES string of the molecule is CC1(CCO)CN(Cc2ccccc2Cl)C(=O)CO1. The first-order valence-electron chi connectivity index (χ1n) is 6.30. The van der Waals surface area contributed by atoms with Crippen LogP contribution in [0, 0.1) is 0 Å². The first-order chi connectivity index (χ1) is 9.04. The molecular formula is C14H18ClNO3. The summed E-state index contributed by atoms with van der Waals surface area (Å²) in [4.78, 5) is 13.6. The van der Waals surface area contributed by atoms with Crippen LogP contribution in [0.25, 0.3) is 0 Å². The zero-order valence-corrected chi connectivity index (χ0v) is 11.7. The van der Waals surface area contributed by atoms with Gasteiger partial charge in [-0.25, -0.2) is 0 Å². The molecule has 1 amide bonds. The van der Waals surface area contributed by atoms with E-state index in [0.717, 1.165) is 5.56 Å². The minimum atomic E-state index is -0.482. The van der Waals surface area contributed by atoms with Gasteiger partial charge in [0.25, 0.3) is 0 Å². The van der Waals surface area contributed by atoms with Crippen LogP contribution in [-0.4, -0.2) is 41.3 Å². The minimum Gasteiger partial charge on any atom is -0.396 e. The fourth-order valence-electron chi connectivity index (χ4n) is 2.23. The van der Waals surface area contributed by atoms with Crippen LogP contribution >= 0.6 is 11.6 Å². The molecule has 1 aliphatic rings. The molecule has 1 aliphatic heterocycles. The van der Waals surface area contributed by atoms with Crippen LogP contribution in [0.1, 0.15) is 18.9 Å². The van der Waals surface area contributed by atoms with Crippen LogP contribution in [0.5, 0.6) is 0 Å². The summed E-state index contributed by atoms with van der Waals surface area (Å²) in [7, 11) is 0. The molecule has 1 unspecified atom stereocenters. The second kappa shape index (κ2) is 5.90. The second-order valence-corrected chi connectivity index (χ2v) is 5.46. The summed E-state index contributed by atoms with van der Waals surface area (Å²) >= 11 is 6.11. The van der Waals surface area contributed by atoms with Gasteiger partial charge in [-0.1, -0.05) is 29.8 Å². The Labute approximate surface area is 117 Å². The van der Waals surface area contributed by atoms with Crippen molar-refractivity contribution in [1.29, 1.82) is 0 Å². The molecule has 1 N–H and O–H groups in total. The number of hydrogen-bond acceptors (Lipinski definition) is 3. The molecule has 0 aliphatic carbocycles. The van der Waals surface area contributed by atoms with Crippen LogP contribution < -0.4 is 0 Å².